The van der Waals surface area contributed by atoms with Crippen molar-refractivity contribution in [1.29, 1.82) is 0 Å². The van der Waals surface area contributed by atoms with Crippen molar-refractivity contribution in [2.75, 3.05) is 38.7 Å². The Bertz CT molecular complexity index is 862. The highest BCUT2D eigenvalue weighted by Gasteiger charge is 2.27. The Labute approximate surface area is 176 Å². The molecule has 7 nitrogen and oxygen atoms in total. The number of rotatable bonds is 8. The Morgan fingerprint density at radius 3 is 2.63 bits per heavy atom. The van der Waals surface area contributed by atoms with Gasteiger partial charge < -0.3 is 19.7 Å². The normalized spacial score (nSPS) is 14.6. The van der Waals surface area contributed by atoms with Gasteiger partial charge in [0.15, 0.2) is 0 Å². The molecular formula is C23H27N3O4. The fraction of sp³-hybridized carbons (Fsp3) is 0.348. The van der Waals surface area contributed by atoms with E-state index >= 15 is 0 Å². The highest BCUT2D eigenvalue weighted by molar-refractivity contribution is 5.94. The Balaban J connectivity index is 1.50. The minimum atomic E-state index is -0.154. The molecule has 1 aromatic heterocycles. The SMILES string of the molecule is COCCOc1ncccc1NC(=O)C1CCN(C(=O)/C=C/c2ccccc2)CC1. The molecule has 0 unspecified atom stereocenters. The van der Waals surface area contributed by atoms with Crippen LogP contribution in [0.1, 0.15) is 18.4 Å². The van der Waals surface area contributed by atoms with Crippen molar-refractivity contribution in [3.8, 4) is 5.88 Å². The number of carbonyl (C=O) groups is 2. The van der Waals surface area contributed by atoms with Gasteiger partial charge in [0.25, 0.3) is 0 Å². The molecule has 2 aromatic rings. The maximum absolute atomic E-state index is 12.7. The van der Waals surface area contributed by atoms with Crippen molar-refractivity contribution < 1.29 is 19.1 Å². The lowest BCUT2D eigenvalue weighted by Gasteiger charge is -2.30. The van der Waals surface area contributed by atoms with Crippen molar-refractivity contribution >= 4 is 23.6 Å². The molecule has 1 fully saturated rings. The summed E-state index contributed by atoms with van der Waals surface area (Å²) in [7, 11) is 1.60. The summed E-state index contributed by atoms with van der Waals surface area (Å²) in [6, 6.07) is 13.2. The molecule has 1 N–H and O–H groups in total. The Morgan fingerprint density at radius 2 is 1.90 bits per heavy atom. The first kappa shape index (κ1) is 21.5. The van der Waals surface area contributed by atoms with Gasteiger partial charge in [-0.3, -0.25) is 9.59 Å². The van der Waals surface area contributed by atoms with E-state index < -0.39 is 0 Å². The van der Waals surface area contributed by atoms with Gasteiger partial charge in [-0.05, 0) is 36.6 Å². The molecule has 158 valence electrons. The summed E-state index contributed by atoms with van der Waals surface area (Å²) in [6.45, 7) is 1.91. The molecule has 0 spiro atoms. The monoisotopic (exact) mass is 409 g/mol. The number of nitrogens with zero attached hydrogens (tertiary/aromatic N) is 2. The molecule has 7 heteroatoms. The van der Waals surface area contributed by atoms with Crippen molar-refractivity contribution in [2.24, 2.45) is 5.92 Å². The standard InChI is InChI=1S/C23H27N3O4/c1-29-16-17-30-23-20(8-5-13-24-23)25-22(28)19-11-14-26(15-12-19)21(27)10-9-18-6-3-2-4-7-18/h2-10,13,19H,11-12,14-17H2,1H3,(H,25,28)/b10-9+. The van der Waals surface area contributed by atoms with Gasteiger partial charge in [0.2, 0.25) is 17.7 Å². The summed E-state index contributed by atoms with van der Waals surface area (Å²) in [5, 5.41) is 2.91. The summed E-state index contributed by atoms with van der Waals surface area (Å²) in [5.74, 6) is 0.117. The number of amides is 2. The number of anilines is 1. The van der Waals surface area contributed by atoms with Gasteiger partial charge in [-0.25, -0.2) is 4.98 Å². The van der Waals surface area contributed by atoms with Gasteiger partial charge in [-0.1, -0.05) is 30.3 Å². The molecule has 2 amide bonds. The fourth-order valence-electron chi connectivity index (χ4n) is 3.26. The number of hydrogen-bond donors (Lipinski definition) is 1. The lowest BCUT2D eigenvalue weighted by Crippen LogP contribution is -2.40. The molecule has 1 aliphatic heterocycles. The van der Waals surface area contributed by atoms with E-state index in [1.807, 2.05) is 36.4 Å². The van der Waals surface area contributed by atoms with Crippen LogP contribution in [-0.4, -0.2) is 55.1 Å². The summed E-state index contributed by atoms with van der Waals surface area (Å²) in [4.78, 5) is 31.1. The van der Waals surface area contributed by atoms with Gasteiger partial charge in [-0.15, -0.1) is 0 Å². The average Bonchev–Trinajstić information content (AvgIpc) is 2.79. The van der Waals surface area contributed by atoms with E-state index in [9.17, 15) is 9.59 Å². The van der Waals surface area contributed by atoms with E-state index in [4.69, 9.17) is 9.47 Å². The van der Waals surface area contributed by atoms with E-state index in [0.29, 0.717) is 50.7 Å². The van der Waals surface area contributed by atoms with Crippen LogP contribution in [0.4, 0.5) is 5.69 Å². The second-order valence-corrected chi connectivity index (χ2v) is 7.03. The van der Waals surface area contributed by atoms with E-state index in [2.05, 4.69) is 10.3 Å². The Hall–Kier alpha value is -3.19. The second kappa shape index (κ2) is 11.1. The first-order chi connectivity index (χ1) is 14.7. The van der Waals surface area contributed by atoms with E-state index in [0.717, 1.165) is 5.56 Å². The quantitative estimate of drug-likeness (QED) is 0.536. The van der Waals surface area contributed by atoms with Crippen LogP contribution in [0.2, 0.25) is 0 Å². The van der Waals surface area contributed by atoms with Crippen molar-refractivity contribution in [1.82, 2.24) is 9.88 Å². The van der Waals surface area contributed by atoms with Crippen LogP contribution in [0.3, 0.4) is 0 Å². The number of hydrogen-bond acceptors (Lipinski definition) is 5. The second-order valence-electron chi connectivity index (χ2n) is 7.03. The van der Waals surface area contributed by atoms with Crippen LogP contribution >= 0.6 is 0 Å². The van der Waals surface area contributed by atoms with Gasteiger partial charge in [0.1, 0.15) is 12.3 Å². The van der Waals surface area contributed by atoms with E-state index in [-0.39, 0.29) is 17.7 Å². The van der Waals surface area contributed by atoms with E-state index in [1.54, 1.807) is 36.4 Å². The van der Waals surface area contributed by atoms with Crippen LogP contribution in [0.5, 0.6) is 5.88 Å². The number of methoxy groups -OCH3 is 1. The number of piperidine rings is 1. The first-order valence-corrected chi connectivity index (χ1v) is 10.1. The van der Waals surface area contributed by atoms with Crippen molar-refractivity contribution in [3.63, 3.8) is 0 Å². The summed E-state index contributed by atoms with van der Waals surface area (Å²) < 4.78 is 10.5. The van der Waals surface area contributed by atoms with Crippen LogP contribution < -0.4 is 10.1 Å². The topological polar surface area (TPSA) is 80.8 Å². The number of benzene rings is 1. The zero-order chi connectivity index (χ0) is 21.2. The van der Waals surface area contributed by atoms with Gasteiger partial charge in [0.05, 0.1) is 6.61 Å². The zero-order valence-corrected chi connectivity index (χ0v) is 17.1. The fourth-order valence-corrected chi connectivity index (χ4v) is 3.26. The lowest BCUT2D eigenvalue weighted by molar-refractivity contribution is -0.130. The molecule has 0 saturated carbocycles. The third kappa shape index (κ3) is 6.15. The largest absolute Gasteiger partial charge is 0.474 e. The average molecular weight is 409 g/mol. The highest BCUT2D eigenvalue weighted by Crippen LogP contribution is 2.24. The number of carbonyl (C=O) groups excluding carboxylic acids is 2. The van der Waals surface area contributed by atoms with Crippen LogP contribution in [0.25, 0.3) is 6.08 Å². The molecule has 0 radical (unpaired) electrons. The lowest BCUT2D eigenvalue weighted by atomic mass is 9.95. The minimum absolute atomic E-state index is 0.0289. The molecule has 0 bridgehead atoms. The number of ether oxygens (including phenoxy) is 2. The zero-order valence-electron chi connectivity index (χ0n) is 17.1. The maximum Gasteiger partial charge on any atom is 0.246 e. The molecule has 30 heavy (non-hydrogen) atoms. The Kier molecular flexibility index (Phi) is 7.97. The molecule has 0 atom stereocenters. The maximum atomic E-state index is 12.7. The molecule has 1 aliphatic rings. The predicted octanol–water partition coefficient (Wildman–Crippen LogP) is 3.00. The van der Waals surface area contributed by atoms with Crippen molar-refractivity contribution in [2.45, 2.75) is 12.8 Å². The Morgan fingerprint density at radius 1 is 1.13 bits per heavy atom. The number of aromatic nitrogens is 1. The van der Waals surface area contributed by atoms with E-state index in [1.165, 1.54) is 0 Å². The van der Waals surface area contributed by atoms with Gasteiger partial charge >= 0.3 is 0 Å². The first-order valence-electron chi connectivity index (χ1n) is 10.1. The van der Waals surface area contributed by atoms with Crippen LogP contribution in [0.15, 0.2) is 54.7 Å². The molecule has 1 aromatic carbocycles. The molecule has 1 saturated heterocycles. The summed E-state index contributed by atoms with van der Waals surface area (Å²) in [5.41, 5.74) is 1.53. The van der Waals surface area contributed by atoms with Gasteiger partial charge in [0, 0.05) is 38.4 Å². The smallest absolute Gasteiger partial charge is 0.246 e. The molecular weight excluding hydrogens is 382 g/mol. The van der Waals surface area contributed by atoms with Crippen molar-refractivity contribution in [3.05, 3.63) is 60.3 Å². The number of pyridine rings is 1. The molecule has 3 rings (SSSR count). The number of nitrogens with one attached hydrogen (secondary N) is 1. The van der Waals surface area contributed by atoms with Gasteiger partial charge in [-0.2, -0.15) is 0 Å². The highest BCUT2D eigenvalue weighted by atomic mass is 16.5. The summed E-state index contributed by atoms with van der Waals surface area (Å²) >= 11 is 0. The molecule has 0 aliphatic carbocycles. The number of likely N-dealkylation sites (tertiary alicyclic amines) is 1. The third-order valence-corrected chi connectivity index (χ3v) is 4.95. The van der Waals surface area contributed by atoms with Crippen LogP contribution in [-0.2, 0) is 14.3 Å². The predicted molar refractivity (Wildman–Crippen MR) is 115 cm³/mol. The summed E-state index contributed by atoms with van der Waals surface area (Å²) in [6.07, 6.45) is 6.27. The molecule has 2 heterocycles. The van der Waals surface area contributed by atoms with Crippen LogP contribution in [0, 0.1) is 5.92 Å². The third-order valence-electron chi connectivity index (χ3n) is 4.95. The minimum Gasteiger partial charge on any atom is -0.474 e.